The molecule has 0 aliphatic carbocycles. The zero-order valence-electron chi connectivity index (χ0n) is 11.1. The van der Waals surface area contributed by atoms with Crippen molar-refractivity contribution < 1.29 is 9.18 Å². The fourth-order valence-corrected chi connectivity index (χ4v) is 2.90. The Labute approximate surface area is 129 Å². The summed E-state index contributed by atoms with van der Waals surface area (Å²) in [5.41, 5.74) is 5.86. The molecule has 0 atom stereocenters. The van der Waals surface area contributed by atoms with Gasteiger partial charge >= 0.3 is 0 Å². The van der Waals surface area contributed by atoms with E-state index in [9.17, 15) is 9.18 Å². The van der Waals surface area contributed by atoms with Crippen molar-refractivity contribution >= 4 is 44.5 Å². The van der Waals surface area contributed by atoms with E-state index in [2.05, 4.69) is 20.9 Å². The van der Waals surface area contributed by atoms with Crippen molar-refractivity contribution in [2.75, 3.05) is 0 Å². The van der Waals surface area contributed by atoms with Crippen LogP contribution >= 0.6 is 27.5 Å². The molecule has 0 unspecified atom stereocenters. The van der Waals surface area contributed by atoms with Crippen LogP contribution in [0.3, 0.4) is 0 Å². The van der Waals surface area contributed by atoms with E-state index in [-0.39, 0.29) is 12.3 Å². The molecule has 2 N–H and O–H groups in total. The summed E-state index contributed by atoms with van der Waals surface area (Å²) in [5, 5.41) is 0. The zero-order valence-corrected chi connectivity index (χ0v) is 13.4. The predicted molar refractivity (Wildman–Crippen MR) is 80.1 cm³/mol. The molecule has 0 saturated heterocycles. The minimum Gasteiger partial charge on any atom is -0.370 e. The van der Waals surface area contributed by atoms with Crippen molar-refractivity contribution in [1.82, 2.24) is 9.55 Å². The third kappa shape index (κ3) is 2.67. The minimum absolute atomic E-state index is 0.111. The molecule has 108 valence electrons. The molecule has 1 aromatic carbocycles. The summed E-state index contributed by atoms with van der Waals surface area (Å²) in [6.07, 6.45) is 0.111. The number of amides is 1. The highest BCUT2D eigenvalue weighted by Gasteiger charge is 2.28. The van der Waals surface area contributed by atoms with Crippen LogP contribution < -0.4 is 5.73 Å². The van der Waals surface area contributed by atoms with E-state index < -0.39 is 17.3 Å². The van der Waals surface area contributed by atoms with Crippen molar-refractivity contribution in [2.24, 2.45) is 5.73 Å². The first kappa shape index (κ1) is 15.3. The third-order valence-corrected chi connectivity index (χ3v) is 3.94. The van der Waals surface area contributed by atoms with Gasteiger partial charge in [-0.1, -0.05) is 0 Å². The van der Waals surface area contributed by atoms with Gasteiger partial charge in [0.05, 0.1) is 21.4 Å². The number of rotatable bonds is 4. The van der Waals surface area contributed by atoms with Gasteiger partial charge in [0.2, 0.25) is 5.91 Å². The quantitative estimate of drug-likeness (QED) is 0.848. The largest absolute Gasteiger partial charge is 0.370 e. The van der Waals surface area contributed by atoms with E-state index in [1.54, 1.807) is 10.6 Å². The number of carbonyl (C=O) groups is 1. The Morgan fingerprint density at radius 3 is 2.75 bits per heavy atom. The number of carbonyl (C=O) groups excluding carboxylic acids is 1. The maximum absolute atomic E-state index is 13.8. The molecule has 0 bridgehead atoms. The Morgan fingerprint density at radius 1 is 1.55 bits per heavy atom. The number of nitrogens with two attached hydrogens (primary N) is 1. The zero-order chi connectivity index (χ0) is 15.1. The molecule has 0 spiro atoms. The summed E-state index contributed by atoms with van der Waals surface area (Å²) in [5.74, 6) is -0.0918. The summed E-state index contributed by atoms with van der Waals surface area (Å²) in [4.78, 5) is 15.6. The number of hydrogen-bond donors (Lipinski definition) is 1. The molecule has 2 rings (SSSR count). The Hall–Kier alpha value is -1.14. The number of aromatic nitrogens is 2. The van der Waals surface area contributed by atoms with Gasteiger partial charge in [-0.15, -0.1) is 11.6 Å². The Kier molecular flexibility index (Phi) is 4.07. The van der Waals surface area contributed by atoms with Crippen LogP contribution in [-0.2, 0) is 16.2 Å². The Bertz CT molecular complexity index is 684. The maximum Gasteiger partial charge on any atom is 0.219 e. The van der Waals surface area contributed by atoms with Crippen LogP contribution in [0.4, 0.5) is 4.39 Å². The molecule has 0 radical (unpaired) electrons. The topological polar surface area (TPSA) is 60.9 Å². The van der Waals surface area contributed by atoms with E-state index >= 15 is 0 Å². The number of primary amides is 1. The summed E-state index contributed by atoms with van der Waals surface area (Å²) in [6, 6.07) is 2.97. The predicted octanol–water partition coefficient (Wildman–Crippen LogP) is 3.29. The van der Waals surface area contributed by atoms with Crippen molar-refractivity contribution in [3.05, 3.63) is 28.2 Å². The third-order valence-electron chi connectivity index (χ3n) is 3.10. The number of hydrogen-bond acceptors (Lipinski definition) is 2. The minimum atomic E-state index is -0.634. The van der Waals surface area contributed by atoms with E-state index in [0.29, 0.717) is 21.3 Å². The van der Waals surface area contributed by atoms with Crippen molar-refractivity contribution in [1.29, 1.82) is 0 Å². The van der Waals surface area contributed by atoms with E-state index in [0.717, 1.165) is 0 Å². The molecular weight excluding hydrogens is 349 g/mol. The van der Waals surface area contributed by atoms with Gasteiger partial charge in [0.25, 0.3) is 0 Å². The van der Waals surface area contributed by atoms with Gasteiger partial charge in [0, 0.05) is 18.0 Å². The lowest BCUT2D eigenvalue weighted by molar-refractivity contribution is -0.119. The van der Waals surface area contributed by atoms with Gasteiger partial charge in [-0.3, -0.25) is 4.79 Å². The van der Waals surface area contributed by atoms with Gasteiger partial charge in [-0.2, -0.15) is 0 Å². The molecule has 20 heavy (non-hydrogen) atoms. The van der Waals surface area contributed by atoms with Crippen LogP contribution in [-0.4, -0.2) is 15.5 Å². The number of alkyl halides is 1. The molecule has 2 aromatic rings. The second-order valence-corrected chi connectivity index (χ2v) is 6.33. The van der Waals surface area contributed by atoms with Gasteiger partial charge in [-0.05, 0) is 35.8 Å². The molecule has 0 aliphatic heterocycles. The lowest BCUT2D eigenvalue weighted by Crippen LogP contribution is -2.33. The van der Waals surface area contributed by atoms with Crippen LogP contribution in [0, 0.1) is 5.82 Å². The SMILES string of the molecule is CC(C)(CC(N)=O)n1c(CCl)nc2cc(Br)c(F)cc21. The molecule has 1 heterocycles. The maximum atomic E-state index is 13.8. The fraction of sp³-hybridized carbons (Fsp3) is 0.385. The van der Waals surface area contributed by atoms with Crippen molar-refractivity contribution in [2.45, 2.75) is 31.7 Å². The smallest absolute Gasteiger partial charge is 0.219 e. The molecule has 1 aromatic heterocycles. The summed E-state index contributed by atoms with van der Waals surface area (Å²) >= 11 is 9.05. The van der Waals surface area contributed by atoms with E-state index in [1.165, 1.54) is 6.07 Å². The molecule has 4 nitrogen and oxygen atoms in total. The highest BCUT2D eigenvalue weighted by atomic mass is 79.9. The molecule has 0 fully saturated rings. The highest BCUT2D eigenvalue weighted by Crippen LogP contribution is 2.31. The molecule has 0 aliphatic rings. The van der Waals surface area contributed by atoms with Crippen molar-refractivity contribution in [3.8, 4) is 0 Å². The van der Waals surface area contributed by atoms with E-state index in [4.69, 9.17) is 17.3 Å². The number of fused-ring (bicyclic) bond motifs is 1. The van der Waals surface area contributed by atoms with Gasteiger partial charge in [0.15, 0.2) is 0 Å². The van der Waals surface area contributed by atoms with Crippen LogP contribution in [0.1, 0.15) is 26.1 Å². The van der Waals surface area contributed by atoms with Crippen LogP contribution in [0.5, 0.6) is 0 Å². The second-order valence-electron chi connectivity index (χ2n) is 5.21. The highest BCUT2D eigenvalue weighted by molar-refractivity contribution is 9.10. The molecule has 7 heteroatoms. The number of benzene rings is 1. The van der Waals surface area contributed by atoms with Gasteiger partial charge in [0.1, 0.15) is 11.6 Å². The number of nitrogens with zero attached hydrogens (tertiary/aromatic N) is 2. The second kappa shape index (κ2) is 5.33. The first-order valence-corrected chi connectivity index (χ1v) is 7.30. The fourth-order valence-electron chi connectivity index (χ4n) is 2.39. The standard InChI is InChI=1S/C13H14BrClFN3O/c1-13(2,5-11(17)20)19-10-4-8(16)7(14)3-9(10)18-12(19)6-15/h3-4H,5-6H2,1-2H3,(H2,17,20). The van der Waals surface area contributed by atoms with E-state index in [1.807, 2.05) is 13.8 Å². The van der Waals surface area contributed by atoms with Crippen LogP contribution in [0.15, 0.2) is 16.6 Å². The lowest BCUT2D eigenvalue weighted by atomic mass is 9.99. The summed E-state index contributed by atoms with van der Waals surface area (Å²) in [7, 11) is 0. The summed E-state index contributed by atoms with van der Waals surface area (Å²) in [6.45, 7) is 3.68. The van der Waals surface area contributed by atoms with Gasteiger partial charge in [-0.25, -0.2) is 9.37 Å². The van der Waals surface area contributed by atoms with Crippen LogP contribution in [0.2, 0.25) is 0 Å². The van der Waals surface area contributed by atoms with Crippen molar-refractivity contribution in [3.63, 3.8) is 0 Å². The first-order valence-electron chi connectivity index (χ1n) is 5.97. The monoisotopic (exact) mass is 361 g/mol. The average molecular weight is 363 g/mol. The molecular formula is C13H14BrClFN3O. The number of halogens is 3. The normalized spacial score (nSPS) is 12.1. The number of imidazole rings is 1. The Balaban J connectivity index is 2.72. The lowest BCUT2D eigenvalue weighted by Gasteiger charge is -2.28. The molecule has 0 saturated carbocycles. The Morgan fingerprint density at radius 2 is 2.20 bits per heavy atom. The average Bonchev–Trinajstić information content (AvgIpc) is 2.66. The first-order chi connectivity index (χ1) is 9.26. The summed E-state index contributed by atoms with van der Waals surface area (Å²) < 4.78 is 15.9. The van der Waals surface area contributed by atoms with Crippen LogP contribution in [0.25, 0.3) is 11.0 Å². The molecule has 1 amide bonds. The van der Waals surface area contributed by atoms with Gasteiger partial charge < -0.3 is 10.3 Å².